The number of nitrogens with one attached hydrogen (secondary N) is 1. The molecule has 0 atom stereocenters. The number of para-hydroxylation sites is 1. The third-order valence-electron chi connectivity index (χ3n) is 5.55. The van der Waals surface area contributed by atoms with E-state index in [0.29, 0.717) is 28.0 Å². The van der Waals surface area contributed by atoms with Gasteiger partial charge in [0.25, 0.3) is 5.89 Å². The number of carbonyl (C=O) groups excluding carboxylic acids is 1. The lowest BCUT2D eigenvalue weighted by Crippen LogP contribution is -2.22. The number of hydrogen-bond acceptors (Lipinski definition) is 6. The van der Waals surface area contributed by atoms with Crippen molar-refractivity contribution in [3.63, 3.8) is 0 Å². The van der Waals surface area contributed by atoms with Crippen LogP contribution in [-0.2, 0) is 11.3 Å². The van der Waals surface area contributed by atoms with Crippen LogP contribution in [0.5, 0.6) is 0 Å². The van der Waals surface area contributed by atoms with E-state index in [1.54, 1.807) is 16.7 Å². The summed E-state index contributed by atoms with van der Waals surface area (Å²) in [7, 11) is 0. The predicted molar refractivity (Wildman–Crippen MR) is 129 cm³/mol. The van der Waals surface area contributed by atoms with Crippen LogP contribution >= 0.6 is 0 Å². The van der Waals surface area contributed by atoms with E-state index in [0.717, 1.165) is 5.56 Å². The molecule has 3 heterocycles. The Morgan fingerprint density at radius 3 is 2.57 bits per heavy atom. The summed E-state index contributed by atoms with van der Waals surface area (Å²) in [6.45, 7) is 3.62. The van der Waals surface area contributed by atoms with E-state index in [-0.39, 0.29) is 41.0 Å². The molecule has 2 aromatic carbocycles. The van der Waals surface area contributed by atoms with Gasteiger partial charge in [-0.15, -0.1) is 0 Å². The molecule has 0 aliphatic heterocycles. The van der Waals surface area contributed by atoms with Crippen LogP contribution in [-0.4, -0.2) is 25.6 Å². The van der Waals surface area contributed by atoms with Gasteiger partial charge in [-0.25, -0.2) is 9.37 Å². The molecule has 0 fully saturated rings. The fourth-order valence-corrected chi connectivity index (χ4v) is 3.74. The average Bonchev–Trinajstić information content (AvgIpc) is 3.33. The van der Waals surface area contributed by atoms with Gasteiger partial charge in [0.2, 0.25) is 17.2 Å². The Kier molecular flexibility index (Phi) is 5.66. The Labute approximate surface area is 199 Å². The average molecular weight is 469 g/mol. The number of benzene rings is 2. The van der Waals surface area contributed by atoms with E-state index < -0.39 is 0 Å². The Balaban J connectivity index is 1.56. The largest absolute Gasteiger partial charge is 0.333 e. The van der Waals surface area contributed by atoms with Crippen molar-refractivity contribution in [3.05, 3.63) is 94.2 Å². The van der Waals surface area contributed by atoms with E-state index in [2.05, 4.69) is 20.4 Å². The monoisotopic (exact) mass is 469 g/mol. The molecule has 0 spiro atoms. The number of nitrogens with zero attached hydrogens (tertiary/aromatic N) is 4. The Morgan fingerprint density at radius 2 is 1.80 bits per heavy atom. The van der Waals surface area contributed by atoms with Gasteiger partial charge in [-0.1, -0.05) is 23.4 Å². The number of amides is 1. The maximum absolute atomic E-state index is 13.3. The van der Waals surface area contributed by atoms with Crippen LogP contribution in [0.1, 0.15) is 11.3 Å². The molecule has 0 saturated carbocycles. The van der Waals surface area contributed by atoms with Gasteiger partial charge in [0.15, 0.2) is 0 Å². The lowest BCUT2D eigenvalue weighted by molar-refractivity contribution is -0.116. The lowest BCUT2D eigenvalue weighted by Gasteiger charge is -2.13. The third-order valence-corrected chi connectivity index (χ3v) is 5.55. The highest BCUT2D eigenvalue weighted by molar-refractivity contribution is 5.92. The smallest absolute Gasteiger partial charge is 0.263 e. The minimum atomic E-state index is -0.387. The molecule has 0 unspecified atom stereocenters. The fourth-order valence-electron chi connectivity index (χ4n) is 3.74. The molecule has 9 heteroatoms. The van der Waals surface area contributed by atoms with Crippen molar-refractivity contribution in [3.8, 4) is 22.8 Å². The van der Waals surface area contributed by atoms with Crippen LogP contribution < -0.4 is 10.7 Å². The maximum atomic E-state index is 13.3. The molecule has 5 aromatic rings. The van der Waals surface area contributed by atoms with E-state index >= 15 is 0 Å². The van der Waals surface area contributed by atoms with Crippen LogP contribution in [0.3, 0.4) is 0 Å². The maximum Gasteiger partial charge on any atom is 0.263 e. The van der Waals surface area contributed by atoms with Crippen molar-refractivity contribution in [1.29, 1.82) is 0 Å². The van der Waals surface area contributed by atoms with Crippen LogP contribution in [0.4, 0.5) is 10.1 Å². The third kappa shape index (κ3) is 4.43. The number of halogens is 1. The zero-order chi connectivity index (χ0) is 24.5. The van der Waals surface area contributed by atoms with Gasteiger partial charge in [-0.05, 0) is 61.9 Å². The summed E-state index contributed by atoms with van der Waals surface area (Å²) in [5, 5.41) is 7.14. The summed E-state index contributed by atoms with van der Waals surface area (Å²) in [5.74, 6) is -0.465. The van der Waals surface area contributed by atoms with Crippen molar-refractivity contribution in [2.75, 3.05) is 5.32 Å². The number of fused-ring (bicyclic) bond motifs is 1. The second kappa shape index (κ2) is 8.94. The molecular formula is C26H20FN5O3. The molecule has 0 saturated heterocycles. The SMILES string of the molecule is Cc1ccc2c(=O)c(-c3nc(-c4ccc(F)cc4)no3)cn(CC(=O)Nc3ccccc3C)c2n1. The molecule has 0 bridgehead atoms. The molecule has 0 aliphatic rings. The standard InChI is InChI=1S/C26H20FN5O3/c1-15-5-3-4-6-21(15)29-22(33)14-32-13-20(23(34)19-12-7-16(2)28-25(19)32)26-30-24(31-35-26)17-8-10-18(27)11-9-17/h3-13H,14H2,1-2H3,(H,29,33). The number of hydrogen-bond donors (Lipinski definition) is 1. The first kappa shape index (κ1) is 22.1. The van der Waals surface area contributed by atoms with Gasteiger partial charge in [0, 0.05) is 23.1 Å². The lowest BCUT2D eigenvalue weighted by atomic mass is 10.1. The van der Waals surface area contributed by atoms with Gasteiger partial charge in [-0.3, -0.25) is 9.59 Å². The number of aryl methyl sites for hydroxylation is 2. The number of anilines is 1. The summed E-state index contributed by atoms with van der Waals surface area (Å²) in [6, 6.07) is 16.5. The highest BCUT2D eigenvalue weighted by Gasteiger charge is 2.19. The van der Waals surface area contributed by atoms with Gasteiger partial charge in [0.1, 0.15) is 23.6 Å². The van der Waals surface area contributed by atoms with Crippen molar-refractivity contribution in [1.82, 2.24) is 19.7 Å². The summed E-state index contributed by atoms with van der Waals surface area (Å²) >= 11 is 0. The first-order chi connectivity index (χ1) is 16.9. The van der Waals surface area contributed by atoms with E-state index in [4.69, 9.17) is 4.52 Å². The molecular weight excluding hydrogens is 449 g/mol. The zero-order valence-corrected chi connectivity index (χ0v) is 18.9. The number of rotatable bonds is 5. The topological polar surface area (TPSA) is 103 Å². The Hall–Kier alpha value is -4.66. The molecule has 1 amide bonds. The number of carbonyl (C=O) groups is 1. The minimum Gasteiger partial charge on any atom is -0.333 e. The second-order valence-corrected chi connectivity index (χ2v) is 8.12. The van der Waals surface area contributed by atoms with Crippen molar-refractivity contribution < 1.29 is 13.7 Å². The van der Waals surface area contributed by atoms with E-state index in [1.165, 1.54) is 30.5 Å². The van der Waals surface area contributed by atoms with Crippen LogP contribution in [0, 0.1) is 19.7 Å². The number of aromatic nitrogens is 4. The highest BCUT2D eigenvalue weighted by Crippen LogP contribution is 2.23. The van der Waals surface area contributed by atoms with Crippen molar-refractivity contribution in [2.45, 2.75) is 20.4 Å². The molecule has 5 rings (SSSR count). The molecule has 35 heavy (non-hydrogen) atoms. The quantitative estimate of drug-likeness (QED) is 0.406. The van der Waals surface area contributed by atoms with Crippen molar-refractivity contribution in [2.24, 2.45) is 0 Å². The molecule has 174 valence electrons. The van der Waals surface area contributed by atoms with Crippen LogP contribution in [0.2, 0.25) is 0 Å². The summed E-state index contributed by atoms with van der Waals surface area (Å²) < 4.78 is 20.2. The minimum absolute atomic E-state index is 0.00939. The van der Waals surface area contributed by atoms with Crippen molar-refractivity contribution >= 4 is 22.6 Å². The van der Waals surface area contributed by atoms with Gasteiger partial charge < -0.3 is 14.4 Å². The molecule has 0 radical (unpaired) electrons. The molecule has 3 aromatic heterocycles. The van der Waals surface area contributed by atoms with Gasteiger partial charge in [-0.2, -0.15) is 4.98 Å². The van der Waals surface area contributed by atoms with Gasteiger partial charge in [0.05, 0.1) is 5.39 Å². The normalized spacial score (nSPS) is 11.1. The molecule has 8 nitrogen and oxygen atoms in total. The Morgan fingerprint density at radius 1 is 1.03 bits per heavy atom. The first-order valence-electron chi connectivity index (χ1n) is 10.9. The fraction of sp³-hybridized carbons (Fsp3) is 0.115. The van der Waals surface area contributed by atoms with E-state index in [1.807, 2.05) is 38.1 Å². The first-order valence-corrected chi connectivity index (χ1v) is 10.9. The molecule has 0 aliphatic carbocycles. The summed E-state index contributed by atoms with van der Waals surface area (Å²) in [6.07, 6.45) is 1.50. The van der Waals surface area contributed by atoms with E-state index in [9.17, 15) is 14.0 Å². The molecule has 1 N–H and O–H groups in total. The second-order valence-electron chi connectivity index (χ2n) is 8.12. The zero-order valence-electron chi connectivity index (χ0n) is 18.9. The summed E-state index contributed by atoms with van der Waals surface area (Å²) in [4.78, 5) is 35.0. The summed E-state index contributed by atoms with van der Waals surface area (Å²) in [5.41, 5.74) is 3.03. The number of pyridine rings is 2. The highest BCUT2D eigenvalue weighted by atomic mass is 19.1. The Bertz CT molecular complexity index is 1620. The van der Waals surface area contributed by atoms with Gasteiger partial charge >= 0.3 is 0 Å². The van der Waals surface area contributed by atoms with Crippen LogP contribution in [0.15, 0.2) is 76.2 Å². The van der Waals surface area contributed by atoms with Crippen LogP contribution in [0.25, 0.3) is 33.9 Å². The predicted octanol–water partition coefficient (Wildman–Crippen LogP) is 4.51.